The Kier molecular flexibility index (Phi) is 5.08. The van der Waals surface area contributed by atoms with E-state index in [1.807, 2.05) is 0 Å². The first-order chi connectivity index (χ1) is 10.9. The molecule has 118 valence electrons. The molecule has 0 aliphatic rings. The number of Topliss-reactive ketones (excluding diaryl/α,β-unsaturated/α-hetero) is 1. The summed E-state index contributed by atoms with van der Waals surface area (Å²) in [7, 11) is 0. The van der Waals surface area contributed by atoms with Gasteiger partial charge in [0.1, 0.15) is 5.82 Å². The fourth-order valence-electron chi connectivity index (χ4n) is 1.86. The van der Waals surface area contributed by atoms with Crippen molar-refractivity contribution in [2.75, 3.05) is 10.6 Å². The third-order valence-electron chi connectivity index (χ3n) is 2.87. The van der Waals surface area contributed by atoms with Crippen LogP contribution in [0.15, 0.2) is 42.5 Å². The van der Waals surface area contributed by atoms with Crippen molar-refractivity contribution in [3.8, 4) is 0 Å². The van der Waals surface area contributed by atoms with E-state index >= 15 is 0 Å². The molecule has 0 saturated heterocycles. The minimum absolute atomic E-state index is 0.0367. The molecule has 0 aliphatic heterocycles. The summed E-state index contributed by atoms with van der Waals surface area (Å²) in [5.41, 5.74) is 0.360. The van der Waals surface area contributed by atoms with Crippen molar-refractivity contribution in [2.24, 2.45) is 0 Å². The van der Waals surface area contributed by atoms with Gasteiger partial charge in [0.2, 0.25) is 5.91 Å². The van der Waals surface area contributed by atoms with Crippen LogP contribution in [-0.2, 0) is 9.59 Å². The van der Waals surface area contributed by atoms with Gasteiger partial charge in [-0.2, -0.15) is 0 Å². The number of ketones is 1. The highest BCUT2D eigenvalue weighted by molar-refractivity contribution is 6.47. The number of benzene rings is 2. The molecule has 0 aromatic heterocycles. The Labute approximate surface area is 136 Å². The van der Waals surface area contributed by atoms with Crippen molar-refractivity contribution >= 4 is 40.6 Å². The van der Waals surface area contributed by atoms with E-state index in [4.69, 9.17) is 11.6 Å². The minimum Gasteiger partial charge on any atom is -0.326 e. The number of carbonyl (C=O) groups excluding carboxylic acids is 3. The molecule has 5 nitrogen and oxygen atoms in total. The van der Waals surface area contributed by atoms with Crippen molar-refractivity contribution in [3.05, 3.63) is 58.9 Å². The van der Waals surface area contributed by atoms with E-state index in [1.54, 1.807) is 12.1 Å². The van der Waals surface area contributed by atoms with E-state index in [9.17, 15) is 18.8 Å². The van der Waals surface area contributed by atoms with Crippen LogP contribution in [0.25, 0.3) is 0 Å². The van der Waals surface area contributed by atoms with Gasteiger partial charge in [0.05, 0.1) is 16.3 Å². The third kappa shape index (κ3) is 4.14. The number of anilines is 2. The lowest BCUT2D eigenvalue weighted by molar-refractivity contribution is -0.114. The second-order valence-corrected chi connectivity index (χ2v) is 5.05. The molecule has 23 heavy (non-hydrogen) atoms. The molecule has 0 radical (unpaired) electrons. The van der Waals surface area contributed by atoms with Crippen LogP contribution in [-0.4, -0.2) is 17.6 Å². The summed E-state index contributed by atoms with van der Waals surface area (Å²) < 4.78 is 13.3. The van der Waals surface area contributed by atoms with Gasteiger partial charge in [-0.25, -0.2) is 4.39 Å². The second kappa shape index (κ2) is 7.02. The zero-order valence-electron chi connectivity index (χ0n) is 12.0. The van der Waals surface area contributed by atoms with E-state index in [1.165, 1.54) is 31.2 Å². The normalized spacial score (nSPS) is 10.0. The van der Waals surface area contributed by atoms with Gasteiger partial charge < -0.3 is 10.6 Å². The van der Waals surface area contributed by atoms with Gasteiger partial charge in [-0.05, 0) is 30.3 Å². The zero-order valence-corrected chi connectivity index (χ0v) is 12.8. The average Bonchev–Trinajstić information content (AvgIpc) is 2.50. The summed E-state index contributed by atoms with van der Waals surface area (Å²) in [5.74, 6) is -2.89. The maximum absolute atomic E-state index is 13.3. The highest BCUT2D eigenvalue weighted by atomic mass is 35.5. The molecule has 2 N–H and O–H groups in total. The van der Waals surface area contributed by atoms with E-state index in [0.717, 1.165) is 6.07 Å². The Bertz CT molecular complexity index is 793. The first-order valence-electron chi connectivity index (χ1n) is 6.56. The maximum atomic E-state index is 13.3. The van der Waals surface area contributed by atoms with Crippen LogP contribution in [0, 0.1) is 5.82 Å². The van der Waals surface area contributed by atoms with Gasteiger partial charge in [-0.15, -0.1) is 0 Å². The van der Waals surface area contributed by atoms with Crippen molar-refractivity contribution in [1.29, 1.82) is 0 Å². The van der Waals surface area contributed by atoms with Crippen molar-refractivity contribution in [1.82, 2.24) is 0 Å². The lowest BCUT2D eigenvalue weighted by Gasteiger charge is -2.09. The summed E-state index contributed by atoms with van der Waals surface area (Å²) in [4.78, 5) is 35.4. The first kappa shape index (κ1) is 16.6. The molecular weight excluding hydrogens is 323 g/mol. The lowest BCUT2D eigenvalue weighted by atomic mass is 10.1. The van der Waals surface area contributed by atoms with Gasteiger partial charge in [0, 0.05) is 12.6 Å². The maximum Gasteiger partial charge on any atom is 0.296 e. The highest BCUT2D eigenvalue weighted by Crippen LogP contribution is 2.20. The van der Waals surface area contributed by atoms with E-state index in [2.05, 4.69) is 10.6 Å². The van der Waals surface area contributed by atoms with E-state index < -0.39 is 17.5 Å². The molecule has 0 bridgehead atoms. The van der Waals surface area contributed by atoms with Crippen molar-refractivity contribution in [3.63, 3.8) is 0 Å². The van der Waals surface area contributed by atoms with Crippen LogP contribution < -0.4 is 10.6 Å². The summed E-state index contributed by atoms with van der Waals surface area (Å²) in [6, 6.07) is 9.74. The molecule has 2 rings (SSSR count). The number of hydrogen-bond donors (Lipinski definition) is 2. The fraction of sp³-hybridized carbons (Fsp3) is 0.0625. The molecule has 2 aromatic carbocycles. The number of carbonyl (C=O) groups is 3. The average molecular weight is 335 g/mol. The molecule has 0 heterocycles. The number of halogens is 2. The Hall–Kier alpha value is -2.73. The van der Waals surface area contributed by atoms with Gasteiger partial charge in [-0.3, -0.25) is 14.4 Å². The van der Waals surface area contributed by atoms with Crippen LogP contribution in [0.4, 0.5) is 15.8 Å². The van der Waals surface area contributed by atoms with Crippen LogP contribution in [0.2, 0.25) is 5.02 Å². The summed E-state index contributed by atoms with van der Waals surface area (Å²) >= 11 is 5.55. The molecule has 0 aliphatic carbocycles. The zero-order chi connectivity index (χ0) is 17.0. The van der Waals surface area contributed by atoms with Gasteiger partial charge in [0.15, 0.2) is 0 Å². The SMILES string of the molecule is CC(=O)Nc1ccccc1C(=O)C(=O)Nc1ccc(Cl)c(F)c1. The number of hydrogen-bond acceptors (Lipinski definition) is 3. The lowest BCUT2D eigenvalue weighted by Crippen LogP contribution is -2.24. The van der Waals surface area contributed by atoms with Crippen LogP contribution >= 0.6 is 11.6 Å². The topological polar surface area (TPSA) is 75.3 Å². The predicted octanol–water partition coefficient (Wildman–Crippen LogP) is 3.26. The molecule has 0 atom stereocenters. The summed E-state index contributed by atoms with van der Waals surface area (Å²) in [6.45, 7) is 1.29. The number of para-hydroxylation sites is 1. The van der Waals surface area contributed by atoms with Crippen LogP contribution in [0.1, 0.15) is 17.3 Å². The minimum atomic E-state index is -0.954. The Balaban J connectivity index is 2.21. The van der Waals surface area contributed by atoms with Gasteiger partial charge in [-0.1, -0.05) is 23.7 Å². The fourth-order valence-corrected chi connectivity index (χ4v) is 1.98. The van der Waals surface area contributed by atoms with E-state index in [0.29, 0.717) is 0 Å². The summed E-state index contributed by atoms with van der Waals surface area (Å²) in [5, 5.41) is 4.67. The van der Waals surface area contributed by atoms with Gasteiger partial charge in [0.25, 0.3) is 11.7 Å². The largest absolute Gasteiger partial charge is 0.326 e. The molecular formula is C16H12ClFN2O3. The second-order valence-electron chi connectivity index (χ2n) is 4.64. The quantitative estimate of drug-likeness (QED) is 0.665. The monoisotopic (exact) mass is 334 g/mol. The molecule has 0 spiro atoms. The summed E-state index contributed by atoms with van der Waals surface area (Å²) in [6.07, 6.45) is 0. The first-order valence-corrected chi connectivity index (χ1v) is 6.93. The van der Waals surface area contributed by atoms with Gasteiger partial charge >= 0.3 is 0 Å². The standard InChI is InChI=1S/C16H12ClFN2O3/c1-9(21)19-14-5-3-2-4-11(14)15(22)16(23)20-10-6-7-12(17)13(18)8-10/h2-8H,1H3,(H,19,21)(H,20,23). The number of amides is 2. The van der Waals surface area contributed by atoms with Crippen molar-refractivity contribution < 1.29 is 18.8 Å². The number of rotatable bonds is 4. The third-order valence-corrected chi connectivity index (χ3v) is 3.17. The Morgan fingerprint density at radius 3 is 2.39 bits per heavy atom. The van der Waals surface area contributed by atoms with E-state index in [-0.39, 0.29) is 27.9 Å². The van der Waals surface area contributed by atoms with Crippen LogP contribution in [0.3, 0.4) is 0 Å². The molecule has 2 aromatic rings. The highest BCUT2D eigenvalue weighted by Gasteiger charge is 2.20. The molecule has 0 saturated carbocycles. The van der Waals surface area contributed by atoms with Crippen molar-refractivity contribution in [2.45, 2.75) is 6.92 Å². The Morgan fingerprint density at radius 2 is 1.74 bits per heavy atom. The predicted molar refractivity (Wildman–Crippen MR) is 85.1 cm³/mol. The van der Waals surface area contributed by atoms with Crippen LogP contribution in [0.5, 0.6) is 0 Å². The molecule has 0 fully saturated rings. The smallest absolute Gasteiger partial charge is 0.296 e. The molecule has 2 amide bonds. The molecule has 7 heteroatoms. The molecule has 0 unspecified atom stereocenters. The number of nitrogens with one attached hydrogen (secondary N) is 2. The Morgan fingerprint density at radius 1 is 1.04 bits per heavy atom.